The maximum absolute atomic E-state index is 13.4. The molecule has 0 atom stereocenters. The van der Waals surface area contributed by atoms with Crippen molar-refractivity contribution in [3.63, 3.8) is 0 Å². The first-order valence-electron chi connectivity index (χ1n) is 5.90. The second-order valence-corrected chi connectivity index (χ2v) is 4.29. The number of carbonyl (C=O) groups excluding carboxylic acids is 1. The topological polar surface area (TPSA) is 72.2 Å². The van der Waals surface area contributed by atoms with Crippen LogP contribution >= 0.6 is 0 Å². The van der Waals surface area contributed by atoms with Gasteiger partial charge in [-0.05, 0) is 31.2 Å². The van der Waals surface area contributed by atoms with Crippen LogP contribution in [0.2, 0.25) is 0 Å². The van der Waals surface area contributed by atoms with E-state index in [0.29, 0.717) is 0 Å². The van der Waals surface area contributed by atoms with Gasteiger partial charge in [0.05, 0.1) is 4.92 Å². The Balaban J connectivity index is 2.39. The fourth-order valence-electron chi connectivity index (χ4n) is 1.78. The molecule has 1 amide bonds. The number of amides is 1. The van der Waals surface area contributed by atoms with Crippen LogP contribution < -0.4 is 5.32 Å². The number of hydrogen-bond donors (Lipinski definition) is 1. The number of anilines is 1. The number of hydrogen-bond acceptors (Lipinski definition) is 3. The van der Waals surface area contributed by atoms with Gasteiger partial charge in [-0.2, -0.15) is 0 Å². The Morgan fingerprint density at radius 2 is 1.95 bits per heavy atom. The van der Waals surface area contributed by atoms with Gasteiger partial charge in [0.1, 0.15) is 17.2 Å². The van der Waals surface area contributed by atoms with Crippen LogP contribution in [0.15, 0.2) is 36.4 Å². The largest absolute Gasteiger partial charge is 0.321 e. The first-order chi connectivity index (χ1) is 9.90. The van der Waals surface area contributed by atoms with Crippen LogP contribution in [0.3, 0.4) is 0 Å². The number of rotatable bonds is 3. The van der Waals surface area contributed by atoms with E-state index in [9.17, 15) is 23.7 Å². The summed E-state index contributed by atoms with van der Waals surface area (Å²) in [6.45, 7) is 1.45. The van der Waals surface area contributed by atoms with E-state index in [2.05, 4.69) is 5.32 Å². The van der Waals surface area contributed by atoms with Gasteiger partial charge in [0.15, 0.2) is 0 Å². The fourth-order valence-corrected chi connectivity index (χ4v) is 1.78. The number of nitro benzene ring substituents is 1. The second-order valence-electron chi connectivity index (χ2n) is 4.29. The molecular weight excluding hydrogens is 282 g/mol. The minimum Gasteiger partial charge on any atom is -0.321 e. The minimum atomic E-state index is -0.880. The highest BCUT2D eigenvalue weighted by atomic mass is 19.1. The number of nitro groups is 1. The van der Waals surface area contributed by atoms with Gasteiger partial charge in [0, 0.05) is 17.3 Å². The van der Waals surface area contributed by atoms with Gasteiger partial charge in [0.25, 0.3) is 11.6 Å². The summed E-state index contributed by atoms with van der Waals surface area (Å²) < 4.78 is 26.6. The van der Waals surface area contributed by atoms with Crippen LogP contribution in [0, 0.1) is 28.7 Å². The number of carbonyl (C=O) groups is 1. The Morgan fingerprint density at radius 1 is 1.24 bits per heavy atom. The van der Waals surface area contributed by atoms with Crippen LogP contribution in [-0.4, -0.2) is 10.8 Å². The monoisotopic (exact) mass is 292 g/mol. The number of halogens is 2. The Labute approximate surface area is 118 Å². The Morgan fingerprint density at radius 3 is 2.62 bits per heavy atom. The molecule has 108 valence electrons. The molecule has 2 rings (SSSR count). The summed E-state index contributed by atoms with van der Waals surface area (Å²) in [7, 11) is 0. The SMILES string of the molecule is Cc1c(F)cccc1NC(=O)c1cc(F)ccc1[N+](=O)[O-]. The van der Waals surface area contributed by atoms with E-state index < -0.39 is 33.7 Å². The molecule has 0 spiro atoms. The third-order valence-corrected chi connectivity index (χ3v) is 2.92. The number of nitrogens with zero attached hydrogens (tertiary/aromatic N) is 1. The average Bonchev–Trinajstić information content (AvgIpc) is 2.43. The molecule has 7 heteroatoms. The lowest BCUT2D eigenvalue weighted by atomic mass is 10.1. The summed E-state index contributed by atoms with van der Waals surface area (Å²) in [5, 5.41) is 13.2. The lowest BCUT2D eigenvalue weighted by molar-refractivity contribution is -0.385. The van der Waals surface area contributed by atoms with Crippen molar-refractivity contribution in [2.45, 2.75) is 6.92 Å². The molecule has 0 aromatic heterocycles. The predicted molar refractivity (Wildman–Crippen MR) is 72.1 cm³/mol. The van der Waals surface area contributed by atoms with Gasteiger partial charge in [-0.15, -0.1) is 0 Å². The van der Waals surface area contributed by atoms with Gasteiger partial charge in [0.2, 0.25) is 0 Å². The minimum absolute atomic E-state index is 0.165. The van der Waals surface area contributed by atoms with Crippen molar-refractivity contribution in [2.75, 3.05) is 5.32 Å². The lowest BCUT2D eigenvalue weighted by Crippen LogP contribution is -2.15. The standard InChI is InChI=1S/C14H10F2N2O3/c1-8-11(16)3-2-4-12(8)17-14(19)10-7-9(15)5-6-13(10)18(20)21/h2-7H,1H3,(H,17,19). The molecule has 2 aromatic rings. The van der Waals surface area contributed by atoms with Crippen LogP contribution in [-0.2, 0) is 0 Å². The van der Waals surface area contributed by atoms with Gasteiger partial charge >= 0.3 is 0 Å². The molecule has 0 saturated heterocycles. The molecule has 0 saturated carbocycles. The van der Waals surface area contributed by atoms with E-state index in [1.807, 2.05) is 0 Å². The van der Waals surface area contributed by atoms with Crippen molar-refractivity contribution in [3.8, 4) is 0 Å². The van der Waals surface area contributed by atoms with E-state index in [1.165, 1.54) is 25.1 Å². The molecule has 0 fully saturated rings. The summed E-state index contributed by atoms with van der Waals surface area (Å²) >= 11 is 0. The van der Waals surface area contributed by atoms with Crippen molar-refractivity contribution >= 4 is 17.3 Å². The molecule has 0 unspecified atom stereocenters. The first-order valence-corrected chi connectivity index (χ1v) is 5.90. The molecule has 0 heterocycles. The normalized spacial score (nSPS) is 10.2. The zero-order chi connectivity index (χ0) is 15.6. The summed E-state index contributed by atoms with van der Waals surface area (Å²) in [6, 6.07) is 6.61. The highest BCUT2D eigenvalue weighted by molar-refractivity contribution is 6.07. The zero-order valence-corrected chi connectivity index (χ0v) is 10.9. The maximum Gasteiger partial charge on any atom is 0.282 e. The Hall–Kier alpha value is -2.83. The van der Waals surface area contributed by atoms with Crippen LogP contribution in [0.1, 0.15) is 15.9 Å². The van der Waals surface area contributed by atoms with Crippen LogP contribution in [0.5, 0.6) is 0 Å². The van der Waals surface area contributed by atoms with Crippen LogP contribution in [0.4, 0.5) is 20.2 Å². The molecule has 0 aliphatic heterocycles. The Bertz CT molecular complexity index is 732. The van der Waals surface area contributed by atoms with E-state index in [0.717, 1.165) is 18.2 Å². The van der Waals surface area contributed by atoms with Gasteiger partial charge in [-0.3, -0.25) is 14.9 Å². The smallest absolute Gasteiger partial charge is 0.282 e. The number of nitrogens with one attached hydrogen (secondary N) is 1. The summed E-state index contributed by atoms with van der Waals surface area (Å²) in [5.74, 6) is -2.18. The average molecular weight is 292 g/mol. The van der Waals surface area contributed by atoms with E-state index >= 15 is 0 Å². The Kier molecular flexibility index (Phi) is 3.93. The van der Waals surface area contributed by atoms with Crippen molar-refractivity contribution in [1.29, 1.82) is 0 Å². The van der Waals surface area contributed by atoms with E-state index in [1.54, 1.807) is 0 Å². The van der Waals surface area contributed by atoms with Crippen molar-refractivity contribution < 1.29 is 18.5 Å². The maximum atomic E-state index is 13.4. The molecule has 2 aromatic carbocycles. The third-order valence-electron chi connectivity index (χ3n) is 2.92. The second kappa shape index (κ2) is 5.66. The van der Waals surface area contributed by atoms with Gasteiger partial charge < -0.3 is 5.32 Å². The highest BCUT2D eigenvalue weighted by Gasteiger charge is 2.21. The predicted octanol–water partition coefficient (Wildman–Crippen LogP) is 3.43. The molecule has 0 aliphatic carbocycles. The van der Waals surface area contributed by atoms with Crippen molar-refractivity contribution in [3.05, 3.63) is 69.3 Å². The molecule has 0 aliphatic rings. The molecule has 5 nitrogen and oxygen atoms in total. The van der Waals surface area contributed by atoms with Crippen molar-refractivity contribution in [1.82, 2.24) is 0 Å². The van der Waals surface area contributed by atoms with E-state index in [4.69, 9.17) is 0 Å². The number of benzene rings is 2. The molecular formula is C14H10F2N2O3. The van der Waals surface area contributed by atoms with Crippen LogP contribution in [0.25, 0.3) is 0 Å². The van der Waals surface area contributed by atoms with Gasteiger partial charge in [-0.25, -0.2) is 8.78 Å². The zero-order valence-electron chi connectivity index (χ0n) is 10.9. The first kappa shape index (κ1) is 14.6. The van der Waals surface area contributed by atoms with Crippen molar-refractivity contribution in [2.24, 2.45) is 0 Å². The fraction of sp³-hybridized carbons (Fsp3) is 0.0714. The summed E-state index contributed by atoms with van der Waals surface area (Å²) in [4.78, 5) is 22.1. The van der Waals surface area contributed by atoms with Gasteiger partial charge in [-0.1, -0.05) is 6.07 Å². The summed E-state index contributed by atoms with van der Waals surface area (Å²) in [6.07, 6.45) is 0. The lowest BCUT2D eigenvalue weighted by Gasteiger charge is -2.09. The molecule has 21 heavy (non-hydrogen) atoms. The quantitative estimate of drug-likeness (QED) is 0.695. The summed E-state index contributed by atoms with van der Waals surface area (Å²) in [5.41, 5.74) is -0.602. The van der Waals surface area contributed by atoms with E-state index in [-0.39, 0.29) is 11.3 Å². The molecule has 0 bridgehead atoms. The molecule has 1 N–H and O–H groups in total. The third kappa shape index (κ3) is 3.02. The molecule has 0 radical (unpaired) electrons. The highest BCUT2D eigenvalue weighted by Crippen LogP contribution is 2.23.